The van der Waals surface area contributed by atoms with Crippen molar-refractivity contribution in [3.05, 3.63) is 24.3 Å². The van der Waals surface area contributed by atoms with Crippen molar-refractivity contribution in [1.82, 2.24) is 4.90 Å². The highest BCUT2D eigenvalue weighted by molar-refractivity contribution is 5.94. The van der Waals surface area contributed by atoms with E-state index < -0.39 is 0 Å². The Morgan fingerprint density at radius 1 is 1.25 bits per heavy atom. The van der Waals surface area contributed by atoms with E-state index in [1.54, 1.807) is 4.90 Å². The predicted molar refractivity (Wildman–Crippen MR) is 105 cm³/mol. The van der Waals surface area contributed by atoms with E-state index in [1.807, 2.05) is 31.2 Å². The van der Waals surface area contributed by atoms with Crippen molar-refractivity contribution >= 4 is 11.6 Å². The maximum atomic E-state index is 13.0. The molecule has 3 rings (SSSR count). The Hall–Kier alpha value is -2.14. The molecule has 2 saturated heterocycles. The van der Waals surface area contributed by atoms with Crippen LogP contribution in [-0.2, 0) is 14.3 Å². The van der Waals surface area contributed by atoms with Gasteiger partial charge in [0.05, 0.1) is 38.9 Å². The largest absolute Gasteiger partial charge is 0.494 e. The Bertz CT molecular complexity index is 659. The molecule has 7 nitrogen and oxygen atoms in total. The molecule has 2 aliphatic heterocycles. The molecule has 152 valence electrons. The van der Waals surface area contributed by atoms with Crippen molar-refractivity contribution in [3.8, 4) is 11.8 Å². The van der Waals surface area contributed by atoms with Crippen LogP contribution in [0.25, 0.3) is 0 Å². The first-order valence-electron chi connectivity index (χ1n) is 10.1. The minimum Gasteiger partial charge on any atom is -0.494 e. The number of amides is 1. The van der Waals surface area contributed by atoms with Crippen LogP contribution in [0.2, 0.25) is 0 Å². The zero-order valence-electron chi connectivity index (χ0n) is 16.5. The molecule has 0 saturated carbocycles. The number of benzene rings is 1. The van der Waals surface area contributed by atoms with E-state index in [4.69, 9.17) is 19.5 Å². The maximum Gasteiger partial charge on any atom is 0.241 e. The smallest absolute Gasteiger partial charge is 0.241 e. The van der Waals surface area contributed by atoms with Gasteiger partial charge in [0.15, 0.2) is 6.29 Å². The number of piperidine rings is 1. The second-order valence-electron chi connectivity index (χ2n) is 7.10. The number of likely N-dealkylation sites (tertiary alicyclic amines) is 1. The number of nitrogens with zero attached hydrogens (tertiary/aromatic N) is 3. The Kier molecular flexibility index (Phi) is 7.66. The number of carbonyl (C=O) groups excluding carboxylic acids is 1. The van der Waals surface area contributed by atoms with Crippen LogP contribution < -0.4 is 9.64 Å². The van der Waals surface area contributed by atoms with E-state index in [0.717, 1.165) is 37.4 Å². The SMILES string of the molecule is CCOc1ccc(N(CCC#N)C(=O)CN2CCC(C3OCCO3)CC2)cc1. The molecule has 2 heterocycles. The Labute approximate surface area is 166 Å². The summed E-state index contributed by atoms with van der Waals surface area (Å²) in [6.07, 6.45) is 2.17. The Balaban J connectivity index is 1.56. The average molecular weight is 387 g/mol. The summed E-state index contributed by atoms with van der Waals surface area (Å²) in [7, 11) is 0. The number of ether oxygens (including phenoxy) is 3. The summed E-state index contributed by atoms with van der Waals surface area (Å²) in [5.41, 5.74) is 0.798. The van der Waals surface area contributed by atoms with Crippen LogP contribution in [0.15, 0.2) is 24.3 Å². The van der Waals surface area contributed by atoms with Crippen LogP contribution >= 0.6 is 0 Å². The molecular formula is C21H29N3O4. The summed E-state index contributed by atoms with van der Waals surface area (Å²) >= 11 is 0. The predicted octanol–water partition coefficient (Wildman–Crippen LogP) is 2.42. The number of hydrogen-bond acceptors (Lipinski definition) is 6. The molecule has 28 heavy (non-hydrogen) atoms. The van der Waals surface area contributed by atoms with Gasteiger partial charge in [-0.15, -0.1) is 0 Å². The van der Waals surface area contributed by atoms with E-state index in [1.165, 1.54) is 0 Å². The Morgan fingerprint density at radius 2 is 1.93 bits per heavy atom. The molecule has 0 N–H and O–H groups in total. The van der Waals surface area contributed by atoms with Gasteiger partial charge in [0, 0.05) is 18.2 Å². The third-order valence-electron chi connectivity index (χ3n) is 5.23. The zero-order valence-corrected chi connectivity index (χ0v) is 16.5. The number of hydrogen-bond donors (Lipinski definition) is 0. The maximum absolute atomic E-state index is 13.0. The van der Waals surface area contributed by atoms with Crippen LogP contribution in [0.1, 0.15) is 26.2 Å². The first-order valence-corrected chi connectivity index (χ1v) is 10.1. The fourth-order valence-corrected chi connectivity index (χ4v) is 3.76. The Morgan fingerprint density at radius 3 is 2.54 bits per heavy atom. The highest BCUT2D eigenvalue weighted by Gasteiger charge is 2.31. The van der Waals surface area contributed by atoms with Crippen LogP contribution in [0.3, 0.4) is 0 Å². The van der Waals surface area contributed by atoms with Crippen molar-refractivity contribution in [2.45, 2.75) is 32.5 Å². The molecule has 1 amide bonds. The fraction of sp³-hybridized carbons (Fsp3) is 0.619. The van der Waals surface area contributed by atoms with Crippen molar-refractivity contribution in [2.24, 2.45) is 5.92 Å². The van der Waals surface area contributed by atoms with Gasteiger partial charge in [-0.25, -0.2) is 0 Å². The number of rotatable bonds is 8. The van der Waals surface area contributed by atoms with E-state index in [9.17, 15) is 4.79 Å². The van der Waals surface area contributed by atoms with Crippen molar-refractivity contribution in [2.75, 3.05) is 50.9 Å². The molecule has 7 heteroatoms. The topological polar surface area (TPSA) is 75.0 Å². The summed E-state index contributed by atoms with van der Waals surface area (Å²) in [6, 6.07) is 9.61. The number of nitriles is 1. The van der Waals surface area contributed by atoms with Crippen molar-refractivity contribution in [3.63, 3.8) is 0 Å². The van der Waals surface area contributed by atoms with Crippen molar-refractivity contribution < 1.29 is 19.0 Å². The standard InChI is InChI=1S/C21H29N3O4/c1-2-26-19-6-4-18(5-7-19)24(11-3-10-22)20(25)16-23-12-8-17(9-13-23)21-27-14-15-28-21/h4-7,17,21H,2-3,8-9,11-16H2,1H3. The molecule has 0 aliphatic carbocycles. The van der Waals surface area contributed by atoms with Gasteiger partial charge in [-0.1, -0.05) is 0 Å². The third kappa shape index (κ3) is 5.44. The summed E-state index contributed by atoms with van der Waals surface area (Å²) in [4.78, 5) is 16.8. The van der Waals surface area contributed by atoms with Gasteiger partial charge in [0.2, 0.25) is 5.91 Å². The lowest BCUT2D eigenvalue weighted by molar-refractivity contribution is -0.121. The lowest BCUT2D eigenvalue weighted by Gasteiger charge is -2.34. The molecule has 1 aromatic rings. The minimum absolute atomic E-state index is 0.0197. The second kappa shape index (κ2) is 10.4. The van der Waals surface area contributed by atoms with Gasteiger partial charge in [-0.05, 0) is 57.1 Å². The minimum atomic E-state index is -0.0752. The first kappa shape index (κ1) is 20.6. The lowest BCUT2D eigenvalue weighted by Crippen LogP contribution is -2.45. The highest BCUT2D eigenvalue weighted by atomic mass is 16.7. The van der Waals surface area contributed by atoms with Gasteiger partial charge in [0.25, 0.3) is 0 Å². The molecule has 2 aliphatic rings. The zero-order chi connectivity index (χ0) is 19.8. The molecule has 0 atom stereocenters. The molecule has 0 radical (unpaired) electrons. The molecule has 0 unspecified atom stereocenters. The number of anilines is 1. The molecular weight excluding hydrogens is 358 g/mol. The molecule has 2 fully saturated rings. The monoisotopic (exact) mass is 387 g/mol. The normalized spacial score (nSPS) is 18.7. The molecule has 0 bridgehead atoms. The van der Waals surface area contributed by atoms with Gasteiger partial charge in [-0.3, -0.25) is 9.69 Å². The summed E-state index contributed by atoms with van der Waals surface area (Å²) in [5, 5.41) is 8.97. The molecule has 0 spiro atoms. The second-order valence-corrected chi connectivity index (χ2v) is 7.10. The van der Waals surface area contributed by atoms with Gasteiger partial charge >= 0.3 is 0 Å². The van der Waals surface area contributed by atoms with Crippen LogP contribution in [0.5, 0.6) is 5.75 Å². The van der Waals surface area contributed by atoms with Gasteiger partial charge < -0.3 is 19.1 Å². The highest BCUT2D eigenvalue weighted by Crippen LogP contribution is 2.26. The first-order chi connectivity index (χ1) is 13.7. The van der Waals surface area contributed by atoms with Crippen LogP contribution in [0.4, 0.5) is 5.69 Å². The number of carbonyl (C=O) groups is 1. The summed E-state index contributed by atoms with van der Waals surface area (Å²) in [5.74, 6) is 1.21. The molecule has 0 aromatic heterocycles. The summed E-state index contributed by atoms with van der Waals surface area (Å²) < 4.78 is 16.7. The molecule has 1 aromatic carbocycles. The fourth-order valence-electron chi connectivity index (χ4n) is 3.76. The van der Waals surface area contributed by atoms with E-state index >= 15 is 0 Å². The van der Waals surface area contributed by atoms with Gasteiger partial charge in [0.1, 0.15) is 5.75 Å². The van der Waals surface area contributed by atoms with E-state index in [-0.39, 0.29) is 12.2 Å². The third-order valence-corrected chi connectivity index (χ3v) is 5.23. The van der Waals surface area contributed by atoms with Crippen LogP contribution in [-0.4, -0.2) is 63.1 Å². The van der Waals surface area contributed by atoms with E-state index in [2.05, 4.69) is 11.0 Å². The van der Waals surface area contributed by atoms with Crippen LogP contribution in [0, 0.1) is 17.2 Å². The summed E-state index contributed by atoms with van der Waals surface area (Å²) in [6.45, 7) is 6.36. The van der Waals surface area contributed by atoms with E-state index in [0.29, 0.717) is 45.2 Å². The average Bonchev–Trinajstić information content (AvgIpc) is 3.25. The van der Waals surface area contributed by atoms with Gasteiger partial charge in [-0.2, -0.15) is 5.26 Å². The quantitative estimate of drug-likeness (QED) is 0.682. The van der Waals surface area contributed by atoms with Crippen molar-refractivity contribution in [1.29, 1.82) is 5.26 Å². The lowest BCUT2D eigenvalue weighted by atomic mass is 9.96.